The monoisotopic (exact) mass is 349 g/mol. The Morgan fingerprint density at radius 2 is 1.79 bits per heavy atom. The van der Waals surface area contributed by atoms with E-state index >= 15 is 0 Å². The molecule has 0 N–H and O–H groups in total. The van der Waals surface area contributed by atoms with E-state index in [1.54, 1.807) is 24.3 Å². The van der Waals surface area contributed by atoms with Gasteiger partial charge in [-0.15, -0.1) is 0 Å². The van der Waals surface area contributed by atoms with Gasteiger partial charge in [-0.1, -0.05) is 17.7 Å². The van der Waals surface area contributed by atoms with Crippen molar-refractivity contribution in [2.75, 3.05) is 20.2 Å². The van der Waals surface area contributed by atoms with Gasteiger partial charge in [0.05, 0.1) is 18.6 Å². The summed E-state index contributed by atoms with van der Waals surface area (Å²) in [5, 5.41) is 0. The molecule has 24 heavy (non-hydrogen) atoms. The molecule has 0 radical (unpaired) electrons. The summed E-state index contributed by atoms with van der Waals surface area (Å²) < 4.78 is 37.7. The number of benzene rings is 1. The van der Waals surface area contributed by atoms with Gasteiger partial charge in [-0.25, -0.2) is 18.4 Å². The molecule has 2 aromatic rings. The molecular weight excluding hydrogens is 330 g/mol. The lowest BCUT2D eigenvalue weighted by molar-refractivity contribution is 0.194. The van der Waals surface area contributed by atoms with Gasteiger partial charge in [0, 0.05) is 18.9 Å². The number of ether oxygens (including phenoxy) is 2. The van der Waals surface area contributed by atoms with Crippen molar-refractivity contribution in [2.24, 2.45) is 0 Å². The first-order valence-corrected chi connectivity index (χ1v) is 9.03. The van der Waals surface area contributed by atoms with E-state index in [-0.39, 0.29) is 24.4 Å². The predicted molar refractivity (Wildman–Crippen MR) is 87.6 cm³/mol. The molecule has 1 aromatic heterocycles. The second-order valence-electron chi connectivity index (χ2n) is 5.58. The van der Waals surface area contributed by atoms with Crippen molar-refractivity contribution in [3.8, 4) is 11.8 Å². The zero-order valence-corrected chi connectivity index (χ0v) is 14.4. The van der Waals surface area contributed by atoms with Gasteiger partial charge in [0.25, 0.3) is 11.8 Å². The van der Waals surface area contributed by atoms with Gasteiger partial charge in [-0.2, -0.15) is 4.31 Å². The van der Waals surface area contributed by atoms with Crippen molar-refractivity contribution < 1.29 is 17.9 Å². The molecule has 1 atom stereocenters. The normalized spacial score (nSPS) is 18.5. The summed E-state index contributed by atoms with van der Waals surface area (Å²) in [6, 6.07) is 6.85. The van der Waals surface area contributed by atoms with Crippen LogP contribution in [0.15, 0.2) is 41.6 Å². The van der Waals surface area contributed by atoms with Crippen LogP contribution in [0.5, 0.6) is 11.8 Å². The van der Waals surface area contributed by atoms with E-state index in [0.29, 0.717) is 17.9 Å². The van der Waals surface area contributed by atoms with E-state index in [0.717, 1.165) is 5.56 Å². The summed E-state index contributed by atoms with van der Waals surface area (Å²) in [5.41, 5.74) is 1.02. The third kappa shape index (κ3) is 3.34. The highest BCUT2D eigenvalue weighted by Gasteiger charge is 2.34. The van der Waals surface area contributed by atoms with Gasteiger partial charge in [0.15, 0.2) is 0 Å². The smallest absolute Gasteiger partial charge is 0.278 e. The van der Waals surface area contributed by atoms with Gasteiger partial charge in [0.1, 0.15) is 6.10 Å². The summed E-state index contributed by atoms with van der Waals surface area (Å²) >= 11 is 0. The minimum Gasteiger partial charge on any atom is -0.477 e. The molecule has 1 fully saturated rings. The maximum Gasteiger partial charge on any atom is 0.278 e. The lowest BCUT2D eigenvalue weighted by Gasteiger charge is -2.17. The van der Waals surface area contributed by atoms with Gasteiger partial charge >= 0.3 is 0 Å². The van der Waals surface area contributed by atoms with Crippen LogP contribution in [0.3, 0.4) is 0 Å². The first kappa shape index (κ1) is 16.7. The molecule has 0 aliphatic carbocycles. The average molecular weight is 349 g/mol. The van der Waals surface area contributed by atoms with Crippen molar-refractivity contribution in [2.45, 2.75) is 24.3 Å². The van der Waals surface area contributed by atoms with Crippen LogP contribution in [0.25, 0.3) is 0 Å². The fourth-order valence-corrected chi connectivity index (χ4v) is 4.05. The number of aryl methyl sites for hydroxylation is 1. The number of aromatic nitrogens is 2. The molecule has 1 saturated heterocycles. The van der Waals surface area contributed by atoms with Crippen molar-refractivity contribution in [1.82, 2.24) is 14.3 Å². The van der Waals surface area contributed by atoms with E-state index in [1.165, 1.54) is 23.8 Å². The van der Waals surface area contributed by atoms with Gasteiger partial charge < -0.3 is 9.47 Å². The topological polar surface area (TPSA) is 81.6 Å². The third-order valence-electron chi connectivity index (χ3n) is 3.87. The van der Waals surface area contributed by atoms with Gasteiger partial charge in [-0.3, -0.25) is 0 Å². The molecule has 8 heteroatoms. The molecule has 3 rings (SSSR count). The minimum atomic E-state index is -3.51. The maximum absolute atomic E-state index is 12.7. The SMILES string of the molecule is COc1nccnc1OC1CCN(S(=O)(=O)c2ccc(C)cc2)C1. The zero-order valence-electron chi connectivity index (χ0n) is 13.5. The number of nitrogens with zero attached hydrogens (tertiary/aromatic N) is 3. The van der Waals surface area contributed by atoms with Gasteiger partial charge in [-0.05, 0) is 25.5 Å². The second kappa shape index (κ2) is 6.74. The largest absolute Gasteiger partial charge is 0.477 e. The van der Waals surface area contributed by atoms with E-state index < -0.39 is 10.0 Å². The highest BCUT2D eigenvalue weighted by Crippen LogP contribution is 2.26. The van der Waals surface area contributed by atoms with Crippen LogP contribution in [-0.2, 0) is 10.0 Å². The molecule has 128 valence electrons. The summed E-state index contributed by atoms with van der Waals surface area (Å²) in [6.45, 7) is 2.60. The van der Waals surface area contributed by atoms with Crippen molar-refractivity contribution >= 4 is 10.0 Å². The Kier molecular flexibility index (Phi) is 4.68. The number of sulfonamides is 1. The Morgan fingerprint density at radius 1 is 1.12 bits per heavy atom. The molecule has 7 nitrogen and oxygen atoms in total. The third-order valence-corrected chi connectivity index (χ3v) is 5.75. The Bertz CT molecular complexity index is 808. The van der Waals surface area contributed by atoms with E-state index in [1.807, 2.05) is 6.92 Å². The maximum atomic E-state index is 12.7. The molecule has 0 bridgehead atoms. The summed E-state index contributed by atoms with van der Waals surface area (Å²) in [6.07, 6.45) is 3.32. The fraction of sp³-hybridized carbons (Fsp3) is 0.375. The first-order valence-electron chi connectivity index (χ1n) is 7.59. The number of methoxy groups -OCH3 is 1. The molecule has 2 heterocycles. The standard InChI is InChI=1S/C16H19N3O4S/c1-12-3-5-14(6-4-12)24(20,21)19-10-7-13(11-19)23-16-15(22-2)17-8-9-18-16/h3-6,8-9,13H,7,10-11H2,1-2H3. The highest BCUT2D eigenvalue weighted by molar-refractivity contribution is 7.89. The average Bonchev–Trinajstić information content (AvgIpc) is 3.05. The Balaban J connectivity index is 1.72. The Hall–Kier alpha value is -2.19. The van der Waals surface area contributed by atoms with Crippen LogP contribution in [0.2, 0.25) is 0 Å². The molecule has 1 aliphatic heterocycles. The molecule has 0 amide bonds. The lowest BCUT2D eigenvalue weighted by Crippen LogP contribution is -2.31. The predicted octanol–water partition coefficient (Wildman–Crippen LogP) is 1.64. The molecule has 0 spiro atoms. The molecule has 1 aliphatic rings. The lowest BCUT2D eigenvalue weighted by atomic mass is 10.2. The summed E-state index contributed by atoms with van der Waals surface area (Å²) in [4.78, 5) is 8.41. The molecule has 1 unspecified atom stereocenters. The van der Waals surface area contributed by atoms with Gasteiger partial charge in [0.2, 0.25) is 10.0 Å². The molecular formula is C16H19N3O4S. The summed E-state index contributed by atoms with van der Waals surface area (Å²) in [7, 11) is -2.02. The Labute approximate surface area is 141 Å². The van der Waals surface area contributed by atoms with Crippen molar-refractivity contribution in [3.05, 3.63) is 42.2 Å². The van der Waals surface area contributed by atoms with E-state index in [2.05, 4.69) is 9.97 Å². The van der Waals surface area contributed by atoms with Crippen LogP contribution >= 0.6 is 0 Å². The number of hydrogen-bond donors (Lipinski definition) is 0. The second-order valence-corrected chi connectivity index (χ2v) is 7.51. The van der Waals surface area contributed by atoms with Crippen LogP contribution in [-0.4, -0.2) is 49.0 Å². The van der Waals surface area contributed by atoms with E-state index in [4.69, 9.17) is 9.47 Å². The first-order chi connectivity index (χ1) is 11.5. The quantitative estimate of drug-likeness (QED) is 0.816. The molecule has 1 aromatic carbocycles. The minimum absolute atomic E-state index is 0.274. The van der Waals surface area contributed by atoms with Crippen LogP contribution in [0.4, 0.5) is 0 Å². The van der Waals surface area contributed by atoms with Crippen LogP contribution in [0, 0.1) is 6.92 Å². The molecule has 0 saturated carbocycles. The number of hydrogen-bond acceptors (Lipinski definition) is 6. The van der Waals surface area contributed by atoms with Crippen LogP contribution in [0.1, 0.15) is 12.0 Å². The van der Waals surface area contributed by atoms with Crippen molar-refractivity contribution in [3.63, 3.8) is 0 Å². The zero-order chi connectivity index (χ0) is 17.2. The highest BCUT2D eigenvalue weighted by atomic mass is 32.2. The van der Waals surface area contributed by atoms with E-state index in [9.17, 15) is 8.42 Å². The number of rotatable bonds is 5. The fourth-order valence-electron chi connectivity index (χ4n) is 2.56. The Morgan fingerprint density at radius 3 is 2.46 bits per heavy atom. The summed E-state index contributed by atoms with van der Waals surface area (Å²) in [5.74, 6) is 0.567. The van der Waals surface area contributed by atoms with Crippen LogP contribution < -0.4 is 9.47 Å². The van der Waals surface area contributed by atoms with Crippen molar-refractivity contribution in [1.29, 1.82) is 0 Å².